The summed E-state index contributed by atoms with van der Waals surface area (Å²) < 4.78 is 11.5. The van der Waals surface area contributed by atoms with Gasteiger partial charge in [-0.25, -0.2) is 0 Å². The minimum absolute atomic E-state index is 0.315. The number of carbonyl (C=O) groups excluding carboxylic acids is 1. The van der Waals surface area contributed by atoms with Crippen LogP contribution in [0.15, 0.2) is 60.7 Å². The zero-order chi connectivity index (χ0) is 16.5. The molecular weight excluding hydrogens is 292 g/mol. The molecule has 0 saturated carbocycles. The van der Waals surface area contributed by atoms with Crippen LogP contribution in [0, 0.1) is 0 Å². The number of aldehydes is 1. The van der Waals surface area contributed by atoms with E-state index in [9.17, 15) is 9.90 Å². The van der Waals surface area contributed by atoms with Crippen LogP contribution in [0.2, 0.25) is 0 Å². The van der Waals surface area contributed by atoms with Crippen molar-refractivity contribution in [3.63, 3.8) is 0 Å². The molecule has 2 rings (SSSR count). The third-order valence-corrected chi connectivity index (χ3v) is 3.58. The van der Waals surface area contributed by atoms with Crippen LogP contribution in [0.3, 0.4) is 0 Å². The standard InChI is InChI=1S/C19H22O4/c1-15(22-13-16-8-4-2-5-9-16)19(18(21)12-20)23-14-17-10-6-3-7-11-17/h2-12,15,18-19,21H,13-14H2,1H3/t15-,18-,19+/m1/s1. The van der Waals surface area contributed by atoms with Crippen molar-refractivity contribution in [1.82, 2.24) is 0 Å². The fourth-order valence-electron chi connectivity index (χ4n) is 2.25. The van der Waals surface area contributed by atoms with Gasteiger partial charge in [-0.05, 0) is 18.1 Å². The van der Waals surface area contributed by atoms with Gasteiger partial charge in [0, 0.05) is 0 Å². The van der Waals surface area contributed by atoms with Gasteiger partial charge < -0.3 is 19.4 Å². The average Bonchev–Trinajstić information content (AvgIpc) is 2.61. The van der Waals surface area contributed by atoms with Gasteiger partial charge in [0.1, 0.15) is 12.2 Å². The number of rotatable bonds is 9. The topological polar surface area (TPSA) is 55.8 Å². The summed E-state index contributed by atoms with van der Waals surface area (Å²) in [6, 6.07) is 19.4. The molecule has 0 bridgehead atoms. The molecule has 0 aromatic heterocycles. The molecule has 0 spiro atoms. The molecule has 2 aromatic carbocycles. The first-order chi connectivity index (χ1) is 11.2. The molecule has 3 atom stereocenters. The van der Waals surface area contributed by atoms with Crippen LogP contribution in [0.25, 0.3) is 0 Å². The van der Waals surface area contributed by atoms with E-state index in [2.05, 4.69) is 0 Å². The molecule has 122 valence electrons. The second-order valence-corrected chi connectivity index (χ2v) is 5.39. The Labute approximate surface area is 136 Å². The molecule has 0 heterocycles. The first-order valence-electron chi connectivity index (χ1n) is 7.65. The summed E-state index contributed by atoms with van der Waals surface area (Å²) >= 11 is 0. The lowest BCUT2D eigenvalue weighted by molar-refractivity contribution is -0.142. The monoisotopic (exact) mass is 314 g/mol. The summed E-state index contributed by atoms with van der Waals surface area (Å²) in [6.07, 6.45) is -1.86. The fraction of sp³-hybridized carbons (Fsp3) is 0.316. The van der Waals surface area contributed by atoms with Crippen molar-refractivity contribution in [3.05, 3.63) is 71.8 Å². The van der Waals surface area contributed by atoms with Gasteiger partial charge in [0.25, 0.3) is 0 Å². The highest BCUT2D eigenvalue weighted by Gasteiger charge is 2.26. The number of aliphatic hydroxyl groups excluding tert-OH is 1. The van der Waals surface area contributed by atoms with Gasteiger partial charge >= 0.3 is 0 Å². The molecule has 0 aliphatic carbocycles. The third-order valence-electron chi connectivity index (χ3n) is 3.58. The van der Waals surface area contributed by atoms with E-state index < -0.39 is 18.3 Å². The number of benzene rings is 2. The maximum absolute atomic E-state index is 11.0. The van der Waals surface area contributed by atoms with E-state index >= 15 is 0 Å². The molecule has 0 aliphatic rings. The molecular formula is C19H22O4. The van der Waals surface area contributed by atoms with Crippen molar-refractivity contribution in [1.29, 1.82) is 0 Å². The van der Waals surface area contributed by atoms with Gasteiger partial charge in [0.05, 0.1) is 19.3 Å². The van der Waals surface area contributed by atoms with Crippen molar-refractivity contribution in [3.8, 4) is 0 Å². The lowest BCUT2D eigenvalue weighted by atomic mass is 10.1. The van der Waals surface area contributed by atoms with Crippen molar-refractivity contribution in [2.45, 2.75) is 38.4 Å². The summed E-state index contributed by atoms with van der Waals surface area (Å²) in [5.74, 6) is 0. The van der Waals surface area contributed by atoms with Gasteiger partial charge in [-0.2, -0.15) is 0 Å². The maximum Gasteiger partial charge on any atom is 0.151 e. The quantitative estimate of drug-likeness (QED) is 0.723. The van der Waals surface area contributed by atoms with E-state index in [1.807, 2.05) is 60.7 Å². The average molecular weight is 314 g/mol. The number of hydrogen-bond acceptors (Lipinski definition) is 4. The molecule has 0 unspecified atom stereocenters. The first kappa shape index (κ1) is 17.3. The Morgan fingerprint density at radius 2 is 1.39 bits per heavy atom. The lowest BCUT2D eigenvalue weighted by Gasteiger charge is -2.26. The number of aliphatic hydroxyl groups is 1. The molecule has 0 fully saturated rings. The lowest BCUT2D eigenvalue weighted by Crippen LogP contribution is -2.40. The van der Waals surface area contributed by atoms with E-state index in [1.165, 1.54) is 0 Å². The van der Waals surface area contributed by atoms with Gasteiger partial charge in [-0.1, -0.05) is 60.7 Å². The Hall–Kier alpha value is -2.01. The smallest absolute Gasteiger partial charge is 0.151 e. The number of carbonyl (C=O) groups is 1. The Balaban J connectivity index is 1.92. The Kier molecular flexibility index (Phi) is 6.94. The van der Waals surface area contributed by atoms with E-state index in [0.717, 1.165) is 11.1 Å². The Morgan fingerprint density at radius 3 is 1.87 bits per heavy atom. The highest BCUT2D eigenvalue weighted by Crippen LogP contribution is 2.14. The van der Waals surface area contributed by atoms with Crippen LogP contribution < -0.4 is 0 Å². The van der Waals surface area contributed by atoms with Gasteiger partial charge in [0.2, 0.25) is 0 Å². The summed E-state index contributed by atoms with van der Waals surface area (Å²) in [7, 11) is 0. The minimum atomic E-state index is -1.22. The minimum Gasteiger partial charge on any atom is -0.383 e. The maximum atomic E-state index is 11.0. The van der Waals surface area contributed by atoms with Crippen molar-refractivity contribution >= 4 is 6.29 Å². The van der Waals surface area contributed by atoms with Gasteiger partial charge in [-0.3, -0.25) is 0 Å². The fourth-order valence-corrected chi connectivity index (χ4v) is 2.25. The predicted octanol–water partition coefficient (Wildman–Crippen LogP) is 2.74. The SMILES string of the molecule is C[C@@H](OCc1ccccc1)[C@H](OCc1ccccc1)[C@H](O)C=O. The highest BCUT2D eigenvalue weighted by atomic mass is 16.5. The number of hydrogen-bond donors (Lipinski definition) is 1. The zero-order valence-electron chi connectivity index (χ0n) is 13.2. The van der Waals surface area contributed by atoms with Crippen LogP contribution in [0.4, 0.5) is 0 Å². The van der Waals surface area contributed by atoms with Crippen LogP contribution in [0.1, 0.15) is 18.1 Å². The molecule has 0 radical (unpaired) electrons. The summed E-state index contributed by atoms with van der Waals surface area (Å²) in [4.78, 5) is 11.0. The Morgan fingerprint density at radius 1 is 0.913 bits per heavy atom. The van der Waals surface area contributed by atoms with Gasteiger partial charge in [0.15, 0.2) is 6.29 Å². The second-order valence-electron chi connectivity index (χ2n) is 5.39. The first-order valence-corrected chi connectivity index (χ1v) is 7.65. The summed E-state index contributed by atoms with van der Waals surface area (Å²) in [5.41, 5.74) is 2.01. The zero-order valence-corrected chi connectivity index (χ0v) is 13.2. The second kappa shape index (κ2) is 9.20. The van der Waals surface area contributed by atoms with Crippen molar-refractivity contribution in [2.24, 2.45) is 0 Å². The summed E-state index contributed by atoms with van der Waals surface area (Å²) in [5, 5.41) is 9.89. The third kappa shape index (κ3) is 5.60. The van der Waals surface area contributed by atoms with Crippen LogP contribution in [-0.2, 0) is 27.5 Å². The van der Waals surface area contributed by atoms with E-state index in [4.69, 9.17) is 9.47 Å². The molecule has 2 aromatic rings. The van der Waals surface area contributed by atoms with Crippen LogP contribution in [0.5, 0.6) is 0 Å². The molecule has 23 heavy (non-hydrogen) atoms. The van der Waals surface area contributed by atoms with E-state index in [0.29, 0.717) is 19.5 Å². The molecule has 0 saturated heterocycles. The molecule has 4 heteroatoms. The van der Waals surface area contributed by atoms with E-state index in [-0.39, 0.29) is 0 Å². The number of ether oxygens (including phenoxy) is 2. The predicted molar refractivity (Wildman–Crippen MR) is 87.8 cm³/mol. The highest BCUT2D eigenvalue weighted by molar-refractivity contribution is 5.56. The summed E-state index contributed by atoms with van der Waals surface area (Å²) in [6.45, 7) is 2.51. The van der Waals surface area contributed by atoms with Crippen LogP contribution in [-0.4, -0.2) is 29.7 Å². The molecule has 0 aliphatic heterocycles. The van der Waals surface area contributed by atoms with Crippen molar-refractivity contribution < 1.29 is 19.4 Å². The van der Waals surface area contributed by atoms with Crippen molar-refractivity contribution in [2.75, 3.05) is 0 Å². The largest absolute Gasteiger partial charge is 0.383 e. The molecule has 1 N–H and O–H groups in total. The molecule has 4 nitrogen and oxygen atoms in total. The normalized spacial score (nSPS) is 14.9. The van der Waals surface area contributed by atoms with Gasteiger partial charge in [-0.15, -0.1) is 0 Å². The molecule has 0 amide bonds. The van der Waals surface area contributed by atoms with E-state index in [1.54, 1.807) is 6.92 Å². The van der Waals surface area contributed by atoms with Crippen LogP contribution >= 0.6 is 0 Å². The Bertz CT molecular complexity index is 570.